The molecule has 0 aliphatic carbocycles. The molecular formula is C23H26FNO5. The van der Waals surface area contributed by atoms with Crippen molar-refractivity contribution < 1.29 is 28.1 Å². The number of para-hydroxylation sites is 2. The van der Waals surface area contributed by atoms with Gasteiger partial charge in [0.05, 0.1) is 13.2 Å². The van der Waals surface area contributed by atoms with Gasteiger partial charge in [0.1, 0.15) is 24.8 Å². The summed E-state index contributed by atoms with van der Waals surface area (Å²) in [5.74, 6) is 2.00. The lowest BCUT2D eigenvalue weighted by atomic mass is 9.99. The number of likely N-dealkylation sites (tertiary alicyclic amines) is 1. The van der Waals surface area contributed by atoms with Crippen LogP contribution in [0.15, 0.2) is 48.5 Å². The molecule has 0 radical (unpaired) electrons. The summed E-state index contributed by atoms with van der Waals surface area (Å²) in [4.78, 5) is 14.4. The molecule has 0 spiro atoms. The highest BCUT2D eigenvalue weighted by Gasteiger charge is 2.25. The van der Waals surface area contributed by atoms with Gasteiger partial charge in [-0.2, -0.15) is 0 Å². The van der Waals surface area contributed by atoms with Crippen LogP contribution in [0, 0.1) is 11.7 Å². The molecule has 2 aromatic carbocycles. The standard InChI is InChI=1S/C23H26FNO5/c24-18-7-9-19(10-8-18)28-13-17-4-3-11-25(12-17)23(26)16-27-14-20-15-29-21-5-1-2-6-22(21)30-20/h1-2,5-10,17,20H,3-4,11-16H2/t17-,20+/m1/s1. The van der Waals surface area contributed by atoms with Gasteiger partial charge in [0.2, 0.25) is 5.91 Å². The average Bonchev–Trinajstić information content (AvgIpc) is 2.79. The summed E-state index contributed by atoms with van der Waals surface area (Å²) >= 11 is 0. The molecule has 0 N–H and O–H groups in total. The first-order valence-corrected chi connectivity index (χ1v) is 10.3. The van der Waals surface area contributed by atoms with Gasteiger partial charge in [-0.05, 0) is 49.2 Å². The van der Waals surface area contributed by atoms with E-state index in [0.717, 1.165) is 25.1 Å². The van der Waals surface area contributed by atoms with Crippen LogP contribution < -0.4 is 14.2 Å². The molecule has 2 aliphatic heterocycles. The van der Waals surface area contributed by atoms with Gasteiger partial charge in [-0.25, -0.2) is 4.39 Å². The SMILES string of the molecule is O=C(COC[C@H]1COc2ccccc2O1)N1CCC[C@@H](COc2ccc(F)cc2)C1. The number of piperidine rings is 1. The maximum atomic E-state index is 13.0. The third-order valence-electron chi connectivity index (χ3n) is 5.27. The molecule has 1 fully saturated rings. The maximum Gasteiger partial charge on any atom is 0.248 e. The first-order chi connectivity index (χ1) is 14.7. The van der Waals surface area contributed by atoms with Crippen molar-refractivity contribution in [2.45, 2.75) is 18.9 Å². The molecule has 0 saturated carbocycles. The fourth-order valence-electron chi connectivity index (χ4n) is 3.69. The molecule has 2 aromatic rings. The van der Waals surface area contributed by atoms with E-state index in [1.165, 1.54) is 12.1 Å². The lowest BCUT2D eigenvalue weighted by molar-refractivity contribution is -0.139. The number of carbonyl (C=O) groups is 1. The van der Waals surface area contributed by atoms with E-state index in [1.54, 1.807) is 12.1 Å². The van der Waals surface area contributed by atoms with E-state index in [9.17, 15) is 9.18 Å². The molecule has 0 aromatic heterocycles. The monoisotopic (exact) mass is 415 g/mol. The maximum absolute atomic E-state index is 13.0. The molecule has 0 unspecified atom stereocenters. The number of hydrogen-bond acceptors (Lipinski definition) is 5. The summed E-state index contributed by atoms with van der Waals surface area (Å²) in [6, 6.07) is 13.5. The molecule has 4 rings (SSSR count). The van der Waals surface area contributed by atoms with Crippen molar-refractivity contribution in [3.05, 3.63) is 54.3 Å². The Kier molecular flexibility index (Phi) is 6.69. The Labute approximate surface area is 175 Å². The third-order valence-corrected chi connectivity index (χ3v) is 5.27. The normalized spacial score (nSPS) is 20.6. The van der Waals surface area contributed by atoms with Gasteiger partial charge in [0.15, 0.2) is 17.6 Å². The van der Waals surface area contributed by atoms with Crippen LogP contribution in [0.2, 0.25) is 0 Å². The second-order valence-electron chi connectivity index (χ2n) is 7.63. The van der Waals surface area contributed by atoms with Gasteiger partial charge in [0.25, 0.3) is 0 Å². The second-order valence-corrected chi connectivity index (χ2v) is 7.63. The van der Waals surface area contributed by atoms with Crippen LogP contribution >= 0.6 is 0 Å². The van der Waals surface area contributed by atoms with Gasteiger partial charge >= 0.3 is 0 Å². The van der Waals surface area contributed by atoms with Crippen molar-refractivity contribution in [2.24, 2.45) is 5.92 Å². The predicted molar refractivity (Wildman–Crippen MR) is 108 cm³/mol. The quantitative estimate of drug-likeness (QED) is 0.695. The van der Waals surface area contributed by atoms with Crippen molar-refractivity contribution in [1.82, 2.24) is 4.90 Å². The Balaban J connectivity index is 1.18. The zero-order valence-corrected chi connectivity index (χ0v) is 16.8. The van der Waals surface area contributed by atoms with Gasteiger partial charge in [-0.15, -0.1) is 0 Å². The molecule has 1 amide bonds. The highest BCUT2D eigenvalue weighted by Crippen LogP contribution is 2.30. The summed E-state index contributed by atoms with van der Waals surface area (Å²) in [6.07, 6.45) is 1.70. The molecule has 2 atom stereocenters. The Morgan fingerprint density at radius 2 is 1.90 bits per heavy atom. The van der Waals surface area contributed by atoms with Gasteiger partial charge < -0.3 is 23.8 Å². The number of hydrogen-bond donors (Lipinski definition) is 0. The minimum Gasteiger partial charge on any atom is -0.493 e. The number of amides is 1. The van der Waals surface area contributed by atoms with Crippen LogP contribution in [0.4, 0.5) is 4.39 Å². The number of benzene rings is 2. The summed E-state index contributed by atoms with van der Waals surface area (Å²) in [7, 11) is 0. The van der Waals surface area contributed by atoms with Gasteiger partial charge in [0, 0.05) is 19.0 Å². The van der Waals surface area contributed by atoms with Crippen LogP contribution in [0.25, 0.3) is 0 Å². The second kappa shape index (κ2) is 9.80. The zero-order chi connectivity index (χ0) is 20.8. The first-order valence-electron chi connectivity index (χ1n) is 10.3. The average molecular weight is 415 g/mol. The molecule has 160 valence electrons. The number of ether oxygens (including phenoxy) is 4. The Hall–Kier alpha value is -2.80. The Morgan fingerprint density at radius 3 is 2.73 bits per heavy atom. The van der Waals surface area contributed by atoms with Crippen molar-refractivity contribution >= 4 is 5.91 Å². The van der Waals surface area contributed by atoms with Crippen LogP contribution in [0.1, 0.15) is 12.8 Å². The highest BCUT2D eigenvalue weighted by atomic mass is 19.1. The number of carbonyl (C=O) groups excluding carboxylic acids is 1. The van der Waals surface area contributed by atoms with Crippen LogP contribution in [0.3, 0.4) is 0 Å². The smallest absolute Gasteiger partial charge is 0.248 e. The molecule has 1 saturated heterocycles. The summed E-state index contributed by atoms with van der Waals surface area (Å²) < 4.78 is 35.9. The minimum atomic E-state index is -0.286. The number of fused-ring (bicyclic) bond motifs is 1. The van der Waals surface area contributed by atoms with Crippen LogP contribution in [-0.4, -0.2) is 56.4 Å². The summed E-state index contributed by atoms with van der Waals surface area (Å²) in [6.45, 7) is 2.59. The Bertz CT molecular complexity index is 844. The highest BCUT2D eigenvalue weighted by molar-refractivity contribution is 5.77. The lowest BCUT2D eigenvalue weighted by Crippen LogP contribution is -2.43. The summed E-state index contributed by atoms with van der Waals surface area (Å²) in [5, 5.41) is 0. The molecule has 7 heteroatoms. The van der Waals surface area contributed by atoms with Gasteiger partial charge in [-0.1, -0.05) is 12.1 Å². The van der Waals surface area contributed by atoms with Crippen molar-refractivity contribution in [1.29, 1.82) is 0 Å². The predicted octanol–water partition coefficient (Wildman–Crippen LogP) is 3.30. The fraction of sp³-hybridized carbons (Fsp3) is 0.435. The molecular weight excluding hydrogens is 389 g/mol. The van der Waals surface area contributed by atoms with Crippen molar-refractivity contribution in [3.8, 4) is 17.2 Å². The van der Waals surface area contributed by atoms with E-state index in [4.69, 9.17) is 18.9 Å². The minimum absolute atomic E-state index is 0.0209. The van der Waals surface area contributed by atoms with Gasteiger partial charge in [-0.3, -0.25) is 4.79 Å². The zero-order valence-electron chi connectivity index (χ0n) is 16.8. The van der Waals surface area contributed by atoms with E-state index in [2.05, 4.69) is 0 Å². The summed E-state index contributed by atoms with van der Waals surface area (Å²) in [5.41, 5.74) is 0. The van der Waals surface area contributed by atoms with Crippen LogP contribution in [-0.2, 0) is 9.53 Å². The number of nitrogens with zero attached hydrogens (tertiary/aromatic N) is 1. The number of halogens is 1. The van der Waals surface area contributed by atoms with E-state index in [-0.39, 0.29) is 30.4 Å². The van der Waals surface area contributed by atoms with Crippen LogP contribution in [0.5, 0.6) is 17.2 Å². The number of rotatable bonds is 7. The van der Waals surface area contributed by atoms with Crippen molar-refractivity contribution in [3.63, 3.8) is 0 Å². The first kappa shape index (κ1) is 20.5. The molecule has 30 heavy (non-hydrogen) atoms. The Morgan fingerprint density at radius 1 is 1.10 bits per heavy atom. The molecule has 2 aliphatic rings. The van der Waals surface area contributed by atoms with E-state index >= 15 is 0 Å². The van der Waals surface area contributed by atoms with E-state index in [0.29, 0.717) is 37.9 Å². The van der Waals surface area contributed by atoms with Crippen molar-refractivity contribution in [2.75, 3.05) is 39.5 Å². The largest absolute Gasteiger partial charge is 0.493 e. The van der Waals surface area contributed by atoms with E-state index < -0.39 is 0 Å². The topological polar surface area (TPSA) is 57.2 Å². The lowest BCUT2D eigenvalue weighted by Gasteiger charge is -2.33. The third kappa shape index (κ3) is 5.42. The molecule has 2 heterocycles. The molecule has 6 nitrogen and oxygen atoms in total. The fourth-order valence-corrected chi connectivity index (χ4v) is 3.69. The molecule has 0 bridgehead atoms. The van der Waals surface area contributed by atoms with E-state index in [1.807, 2.05) is 29.2 Å².